The number of aldehydes is 1. The summed E-state index contributed by atoms with van der Waals surface area (Å²) in [6.07, 6.45) is 4.55. The second-order valence-corrected chi connectivity index (χ2v) is 6.32. The number of nitrogens with one attached hydrogen (secondary N) is 1. The molecule has 3 aromatic rings. The monoisotopic (exact) mass is 333 g/mol. The Balaban J connectivity index is 1.84. The van der Waals surface area contributed by atoms with Gasteiger partial charge in [-0.25, -0.2) is 0 Å². The Morgan fingerprint density at radius 1 is 1.32 bits per heavy atom. The maximum atomic E-state index is 11.4. The highest BCUT2D eigenvalue weighted by Crippen LogP contribution is 2.30. The number of hydrogen-bond acceptors (Lipinski definition) is 4. The molecular formula is C20H19N3O2. The molecular weight excluding hydrogens is 314 g/mol. The molecule has 126 valence electrons. The number of rotatable bonds is 4. The fourth-order valence-electron chi connectivity index (χ4n) is 3.39. The number of hydroxylamine groups is 1. The highest BCUT2D eigenvalue weighted by molar-refractivity contribution is 5.96. The molecule has 1 aromatic carbocycles. The van der Waals surface area contributed by atoms with E-state index in [1.807, 2.05) is 37.5 Å². The van der Waals surface area contributed by atoms with Crippen LogP contribution in [-0.4, -0.2) is 21.9 Å². The van der Waals surface area contributed by atoms with Crippen molar-refractivity contribution in [3.8, 4) is 0 Å². The molecule has 0 bridgehead atoms. The molecule has 0 spiro atoms. The first-order valence-corrected chi connectivity index (χ1v) is 8.29. The predicted octanol–water partition coefficient (Wildman–Crippen LogP) is 3.55. The largest absolute Gasteiger partial charge is 0.413 e. The number of benzene rings is 1. The van der Waals surface area contributed by atoms with Gasteiger partial charge in [-0.15, -0.1) is 5.48 Å². The molecule has 1 unspecified atom stereocenters. The summed E-state index contributed by atoms with van der Waals surface area (Å²) in [7, 11) is 0. The zero-order valence-electron chi connectivity index (χ0n) is 14.2. The number of nitrogens with zero attached hydrogens (tertiary/aromatic N) is 2. The van der Waals surface area contributed by atoms with Crippen molar-refractivity contribution in [2.75, 3.05) is 0 Å². The molecule has 1 aliphatic rings. The molecule has 0 amide bonds. The molecule has 1 atom stereocenters. The van der Waals surface area contributed by atoms with Crippen LogP contribution in [0.1, 0.15) is 35.3 Å². The summed E-state index contributed by atoms with van der Waals surface area (Å²) in [4.78, 5) is 21.4. The summed E-state index contributed by atoms with van der Waals surface area (Å²) >= 11 is 0. The van der Waals surface area contributed by atoms with Crippen molar-refractivity contribution in [1.29, 1.82) is 0 Å². The van der Waals surface area contributed by atoms with Gasteiger partial charge < -0.3 is 9.40 Å². The van der Waals surface area contributed by atoms with E-state index in [2.05, 4.69) is 40.2 Å². The third kappa shape index (κ3) is 2.72. The Morgan fingerprint density at radius 3 is 2.80 bits per heavy atom. The van der Waals surface area contributed by atoms with E-state index in [4.69, 9.17) is 4.84 Å². The van der Waals surface area contributed by atoms with E-state index >= 15 is 0 Å². The lowest BCUT2D eigenvalue weighted by Crippen LogP contribution is -2.19. The highest BCUT2D eigenvalue weighted by atomic mass is 16.7. The second kappa shape index (κ2) is 6.18. The number of hydrogen-bond donors (Lipinski definition) is 1. The van der Waals surface area contributed by atoms with Crippen molar-refractivity contribution in [1.82, 2.24) is 15.0 Å². The molecule has 0 aliphatic carbocycles. The van der Waals surface area contributed by atoms with Gasteiger partial charge in [-0.05, 0) is 25.5 Å². The van der Waals surface area contributed by atoms with Gasteiger partial charge in [-0.3, -0.25) is 9.78 Å². The van der Waals surface area contributed by atoms with E-state index in [0.29, 0.717) is 12.1 Å². The van der Waals surface area contributed by atoms with Crippen molar-refractivity contribution in [2.45, 2.75) is 26.4 Å². The van der Waals surface area contributed by atoms with Gasteiger partial charge >= 0.3 is 0 Å². The first-order valence-electron chi connectivity index (χ1n) is 8.29. The van der Waals surface area contributed by atoms with Crippen LogP contribution in [0, 0.1) is 0 Å². The summed E-state index contributed by atoms with van der Waals surface area (Å²) in [6.45, 7) is 4.68. The summed E-state index contributed by atoms with van der Waals surface area (Å²) < 4.78 is 2.08. The number of aromatic nitrogens is 2. The van der Waals surface area contributed by atoms with Gasteiger partial charge in [-0.2, -0.15) is 0 Å². The minimum atomic E-state index is 0.0994. The molecule has 25 heavy (non-hydrogen) atoms. The molecule has 0 fully saturated rings. The predicted molar refractivity (Wildman–Crippen MR) is 96.9 cm³/mol. The highest BCUT2D eigenvalue weighted by Gasteiger charge is 2.23. The van der Waals surface area contributed by atoms with Gasteiger partial charge in [0.2, 0.25) is 0 Å². The van der Waals surface area contributed by atoms with Crippen LogP contribution in [0.3, 0.4) is 0 Å². The van der Waals surface area contributed by atoms with Gasteiger partial charge in [0.1, 0.15) is 5.76 Å². The number of carbonyl (C=O) groups is 1. The minimum Gasteiger partial charge on any atom is -0.413 e. The smallest absolute Gasteiger partial charge is 0.153 e. The normalized spacial score (nSPS) is 17.1. The van der Waals surface area contributed by atoms with Crippen molar-refractivity contribution < 1.29 is 9.63 Å². The van der Waals surface area contributed by atoms with Crippen molar-refractivity contribution >= 4 is 22.9 Å². The molecule has 1 aliphatic heterocycles. The molecule has 0 radical (unpaired) electrons. The Bertz CT molecular complexity index is 973. The van der Waals surface area contributed by atoms with Crippen LogP contribution >= 0.6 is 0 Å². The number of fused-ring (bicyclic) bond motifs is 1. The van der Waals surface area contributed by atoms with Gasteiger partial charge in [0, 0.05) is 30.1 Å². The minimum absolute atomic E-state index is 0.0994. The SMILES string of the molecule is CC1=C(c2cnc3c(C=O)cn(Cc4ccccc4)c3c2)C(C)NO1. The van der Waals surface area contributed by atoms with Crippen LogP contribution in [0.2, 0.25) is 0 Å². The Labute approximate surface area is 145 Å². The summed E-state index contributed by atoms with van der Waals surface area (Å²) in [5.41, 5.74) is 8.53. The van der Waals surface area contributed by atoms with Gasteiger partial charge in [0.05, 0.1) is 22.6 Å². The maximum absolute atomic E-state index is 11.4. The van der Waals surface area contributed by atoms with E-state index < -0.39 is 0 Å². The van der Waals surface area contributed by atoms with E-state index in [0.717, 1.165) is 34.2 Å². The zero-order chi connectivity index (χ0) is 17.4. The van der Waals surface area contributed by atoms with Gasteiger partial charge in [0.15, 0.2) is 6.29 Å². The fraction of sp³-hybridized carbons (Fsp3) is 0.200. The molecule has 1 N–H and O–H groups in total. The van der Waals surface area contributed by atoms with Crippen molar-refractivity contribution in [2.24, 2.45) is 0 Å². The summed E-state index contributed by atoms with van der Waals surface area (Å²) in [5.74, 6) is 0.852. The summed E-state index contributed by atoms with van der Waals surface area (Å²) in [5, 5.41) is 0. The number of pyridine rings is 1. The molecule has 3 heterocycles. The third-order valence-corrected chi connectivity index (χ3v) is 4.58. The Morgan fingerprint density at radius 2 is 2.12 bits per heavy atom. The number of carbonyl (C=O) groups excluding carboxylic acids is 1. The van der Waals surface area contributed by atoms with Crippen LogP contribution < -0.4 is 5.48 Å². The lowest BCUT2D eigenvalue weighted by Gasteiger charge is -2.09. The van der Waals surface area contributed by atoms with Crippen LogP contribution in [0.25, 0.3) is 16.6 Å². The fourth-order valence-corrected chi connectivity index (χ4v) is 3.39. The average molecular weight is 333 g/mol. The Kier molecular flexibility index (Phi) is 3.86. The molecule has 0 saturated heterocycles. The second-order valence-electron chi connectivity index (χ2n) is 6.32. The van der Waals surface area contributed by atoms with Crippen molar-refractivity contribution in [3.63, 3.8) is 0 Å². The molecule has 5 heteroatoms. The van der Waals surface area contributed by atoms with Gasteiger partial charge in [-0.1, -0.05) is 30.3 Å². The third-order valence-electron chi connectivity index (χ3n) is 4.58. The lowest BCUT2D eigenvalue weighted by atomic mass is 10.0. The molecule has 0 saturated carbocycles. The zero-order valence-corrected chi connectivity index (χ0v) is 14.2. The van der Waals surface area contributed by atoms with Crippen LogP contribution in [0.5, 0.6) is 0 Å². The Hall–Kier alpha value is -2.92. The quantitative estimate of drug-likeness (QED) is 0.742. The van der Waals surface area contributed by atoms with Gasteiger partial charge in [0.25, 0.3) is 0 Å². The first kappa shape index (κ1) is 15.6. The topological polar surface area (TPSA) is 56.2 Å². The molecule has 4 rings (SSSR count). The average Bonchev–Trinajstić information content (AvgIpc) is 3.15. The van der Waals surface area contributed by atoms with E-state index in [9.17, 15) is 4.79 Å². The lowest BCUT2D eigenvalue weighted by molar-refractivity contribution is 0.112. The van der Waals surface area contributed by atoms with Crippen LogP contribution in [-0.2, 0) is 11.4 Å². The van der Waals surface area contributed by atoms with E-state index in [1.54, 1.807) is 0 Å². The maximum Gasteiger partial charge on any atom is 0.153 e. The van der Waals surface area contributed by atoms with Crippen LogP contribution in [0.4, 0.5) is 0 Å². The summed E-state index contributed by atoms with van der Waals surface area (Å²) in [6, 6.07) is 12.4. The molecule has 5 nitrogen and oxygen atoms in total. The van der Waals surface area contributed by atoms with E-state index in [1.165, 1.54) is 5.56 Å². The van der Waals surface area contributed by atoms with Crippen LogP contribution in [0.15, 0.2) is 54.6 Å². The first-order chi connectivity index (χ1) is 12.2. The standard InChI is InChI=1S/C20H19N3O2/c1-13-19(14(2)25-22-13)16-8-18-20(21-9-16)17(12-24)11-23(18)10-15-6-4-3-5-7-15/h3-9,11-13,22H,10H2,1-2H3. The molecule has 2 aromatic heterocycles. The number of allylic oxidation sites excluding steroid dienone is 1. The van der Waals surface area contributed by atoms with Crippen molar-refractivity contribution in [3.05, 3.63) is 71.2 Å². The van der Waals surface area contributed by atoms with E-state index in [-0.39, 0.29) is 6.04 Å².